The molecule has 0 saturated carbocycles. The molecule has 0 aliphatic rings. The van der Waals surface area contributed by atoms with Crippen LogP contribution in [0.4, 0.5) is 5.69 Å². The van der Waals surface area contributed by atoms with Gasteiger partial charge in [-0.15, -0.1) is 11.3 Å². The summed E-state index contributed by atoms with van der Waals surface area (Å²) in [6, 6.07) is 5.84. The summed E-state index contributed by atoms with van der Waals surface area (Å²) in [6.07, 6.45) is 0. The zero-order valence-electron chi connectivity index (χ0n) is 9.51. The number of fused-ring (bicyclic) bond motifs is 1. The zero-order chi connectivity index (χ0) is 12.3. The lowest BCUT2D eigenvalue weighted by atomic mass is 10.3. The van der Waals surface area contributed by atoms with E-state index in [0.29, 0.717) is 6.54 Å². The molecule has 2 aromatic rings. The smallest absolute Gasteiger partial charge is 0.151 e. The second-order valence-corrected chi connectivity index (χ2v) is 7.06. The van der Waals surface area contributed by atoms with E-state index in [1.54, 1.807) is 23.8 Å². The number of nitrogens with one attached hydrogen (secondary N) is 1. The van der Waals surface area contributed by atoms with E-state index in [2.05, 4.69) is 10.3 Å². The van der Waals surface area contributed by atoms with E-state index in [1.807, 2.05) is 18.2 Å². The SMILES string of the molecule is CCS(=O)(=O)CCNc1ccc2ncsc2c1. The van der Waals surface area contributed by atoms with Crippen molar-refractivity contribution < 1.29 is 8.42 Å². The molecule has 0 atom stereocenters. The normalized spacial score (nSPS) is 11.8. The fraction of sp³-hybridized carbons (Fsp3) is 0.364. The highest BCUT2D eigenvalue weighted by atomic mass is 32.2. The number of hydrogen-bond acceptors (Lipinski definition) is 5. The molecule has 92 valence electrons. The highest BCUT2D eigenvalue weighted by Crippen LogP contribution is 2.21. The van der Waals surface area contributed by atoms with E-state index in [4.69, 9.17) is 0 Å². The number of thiazole rings is 1. The van der Waals surface area contributed by atoms with Crippen molar-refractivity contribution in [1.29, 1.82) is 0 Å². The third kappa shape index (κ3) is 3.17. The Kier molecular flexibility index (Phi) is 3.63. The van der Waals surface area contributed by atoms with Crippen molar-refractivity contribution in [2.24, 2.45) is 0 Å². The Balaban J connectivity index is 1.99. The molecule has 0 bridgehead atoms. The van der Waals surface area contributed by atoms with Crippen molar-refractivity contribution in [1.82, 2.24) is 4.98 Å². The van der Waals surface area contributed by atoms with Crippen LogP contribution in [0.1, 0.15) is 6.92 Å². The van der Waals surface area contributed by atoms with Gasteiger partial charge >= 0.3 is 0 Å². The Morgan fingerprint density at radius 2 is 2.24 bits per heavy atom. The van der Waals surface area contributed by atoms with Crippen molar-refractivity contribution >= 4 is 37.1 Å². The van der Waals surface area contributed by atoms with E-state index in [-0.39, 0.29) is 11.5 Å². The van der Waals surface area contributed by atoms with Crippen LogP contribution < -0.4 is 5.32 Å². The molecule has 0 amide bonds. The predicted octanol–water partition coefficient (Wildman–Crippen LogP) is 2.14. The minimum atomic E-state index is -2.89. The fourth-order valence-electron chi connectivity index (χ4n) is 1.46. The first kappa shape index (κ1) is 12.3. The van der Waals surface area contributed by atoms with Crippen molar-refractivity contribution in [2.45, 2.75) is 6.92 Å². The third-order valence-corrected chi connectivity index (χ3v) is 5.01. The van der Waals surface area contributed by atoms with Crippen molar-refractivity contribution in [3.05, 3.63) is 23.7 Å². The van der Waals surface area contributed by atoms with Gasteiger partial charge in [0.05, 0.1) is 21.5 Å². The predicted molar refractivity (Wildman–Crippen MR) is 72.4 cm³/mol. The highest BCUT2D eigenvalue weighted by molar-refractivity contribution is 7.91. The molecule has 1 heterocycles. The van der Waals surface area contributed by atoms with Gasteiger partial charge < -0.3 is 5.32 Å². The quantitative estimate of drug-likeness (QED) is 0.904. The number of nitrogens with zero attached hydrogens (tertiary/aromatic N) is 1. The van der Waals surface area contributed by atoms with Gasteiger partial charge in [0.1, 0.15) is 0 Å². The molecule has 6 heteroatoms. The van der Waals surface area contributed by atoms with Crippen LogP contribution in [0.2, 0.25) is 0 Å². The standard InChI is InChI=1S/C11H14N2O2S2/c1-2-17(14,15)6-5-12-9-3-4-10-11(7-9)16-8-13-10/h3-4,7-8,12H,2,5-6H2,1H3. The van der Waals surface area contributed by atoms with Gasteiger partial charge in [-0.05, 0) is 18.2 Å². The molecule has 1 aromatic heterocycles. The summed E-state index contributed by atoms with van der Waals surface area (Å²) in [7, 11) is -2.89. The van der Waals surface area contributed by atoms with E-state index >= 15 is 0 Å². The van der Waals surface area contributed by atoms with Crippen LogP contribution in [0.25, 0.3) is 10.2 Å². The van der Waals surface area contributed by atoms with Gasteiger partial charge in [0, 0.05) is 18.0 Å². The Labute approximate surface area is 105 Å². The maximum absolute atomic E-state index is 11.3. The first-order chi connectivity index (χ1) is 8.11. The molecular weight excluding hydrogens is 256 g/mol. The molecule has 0 radical (unpaired) electrons. The van der Waals surface area contributed by atoms with Gasteiger partial charge in [0.2, 0.25) is 0 Å². The van der Waals surface area contributed by atoms with Crippen LogP contribution >= 0.6 is 11.3 Å². The number of anilines is 1. The second-order valence-electron chi connectivity index (χ2n) is 3.70. The minimum absolute atomic E-state index is 0.171. The van der Waals surface area contributed by atoms with Gasteiger partial charge in [-0.1, -0.05) is 6.92 Å². The van der Waals surface area contributed by atoms with Crippen LogP contribution in [0, 0.1) is 0 Å². The minimum Gasteiger partial charge on any atom is -0.384 e. The van der Waals surface area contributed by atoms with E-state index in [9.17, 15) is 8.42 Å². The Bertz CT molecular complexity index is 605. The molecule has 1 N–H and O–H groups in total. The molecule has 0 spiro atoms. The lowest BCUT2D eigenvalue weighted by Crippen LogP contribution is -2.17. The van der Waals surface area contributed by atoms with E-state index < -0.39 is 9.84 Å². The highest BCUT2D eigenvalue weighted by Gasteiger charge is 2.06. The molecule has 0 fully saturated rings. The number of hydrogen-bond donors (Lipinski definition) is 1. The molecular formula is C11H14N2O2S2. The van der Waals surface area contributed by atoms with Crippen molar-refractivity contribution in [2.75, 3.05) is 23.4 Å². The number of aromatic nitrogens is 1. The number of rotatable bonds is 5. The maximum Gasteiger partial charge on any atom is 0.151 e. The summed E-state index contributed by atoms with van der Waals surface area (Å²) < 4.78 is 23.7. The topological polar surface area (TPSA) is 59.1 Å². The second kappa shape index (κ2) is 5.01. The summed E-state index contributed by atoms with van der Waals surface area (Å²) in [5.74, 6) is 0.368. The van der Waals surface area contributed by atoms with Crippen LogP contribution in [-0.2, 0) is 9.84 Å². The molecule has 0 aliphatic heterocycles. The van der Waals surface area contributed by atoms with Crippen molar-refractivity contribution in [3.63, 3.8) is 0 Å². The van der Waals surface area contributed by atoms with Crippen molar-refractivity contribution in [3.8, 4) is 0 Å². The molecule has 0 unspecified atom stereocenters. The Hall–Kier alpha value is -1.14. The first-order valence-electron chi connectivity index (χ1n) is 5.38. The largest absolute Gasteiger partial charge is 0.384 e. The van der Waals surface area contributed by atoms with Gasteiger partial charge in [-0.3, -0.25) is 0 Å². The lowest BCUT2D eigenvalue weighted by Gasteiger charge is -2.06. The van der Waals surface area contributed by atoms with Crippen LogP contribution in [0.5, 0.6) is 0 Å². The number of benzene rings is 1. The Morgan fingerprint density at radius 1 is 1.41 bits per heavy atom. The maximum atomic E-state index is 11.3. The molecule has 17 heavy (non-hydrogen) atoms. The molecule has 0 aliphatic carbocycles. The zero-order valence-corrected chi connectivity index (χ0v) is 11.1. The average Bonchev–Trinajstić information content (AvgIpc) is 2.76. The summed E-state index contributed by atoms with van der Waals surface area (Å²) in [6.45, 7) is 2.11. The molecule has 2 rings (SSSR count). The number of sulfone groups is 1. The van der Waals surface area contributed by atoms with Crippen LogP contribution in [0.15, 0.2) is 23.7 Å². The molecule has 4 nitrogen and oxygen atoms in total. The Morgan fingerprint density at radius 3 is 3.00 bits per heavy atom. The van der Waals surface area contributed by atoms with Gasteiger partial charge in [-0.25, -0.2) is 13.4 Å². The van der Waals surface area contributed by atoms with E-state index in [1.165, 1.54) is 0 Å². The summed E-state index contributed by atoms with van der Waals surface area (Å²) >= 11 is 1.58. The average molecular weight is 270 g/mol. The molecule has 1 aromatic carbocycles. The first-order valence-corrected chi connectivity index (χ1v) is 8.08. The van der Waals surface area contributed by atoms with Gasteiger partial charge in [0.15, 0.2) is 9.84 Å². The lowest BCUT2D eigenvalue weighted by molar-refractivity contribution is 0.597. The third-order valence-electron chi connectivity index (χ3n) is 2.51. The van der Waals surface area contributed by atoms with E-state index in [0.717, 1.165) is 15.9 Å². The van der Waals surface area contributed by atoms with Gasteiger partial charge in [-0.2, -0.15) is 0 Å². The van der Waals surface area contributed by atoms with Crippen LogP contribution in [-0.4, -0.2) is 31.5 Å². The van der Waals surface area contributed by atoms with Gasteiger partial charge in [0.25, 0.3) is 0 Å². The molecule has 0 saturated heterocycles. The summed E-state index contributed by atoms with van der Waals surface area (Å²) in [5.41, 5.74) is 3.71. The fourth-order valence-corrected chi connectivity index (χ4v) is 2.88. The summed E-state index contributed by atoms with van der Waals surface area (Å²) in [5, 5.41) is 3.12. The summed E-state index contributed by atoms with van der Waals surface area (Å²) in [4.78, 5) is 4.19. The monoisotopic (exact) mass is 270 g/mol. The van der Waals surface area contributed by atoms with Crippen LogP contribution in [0.3, 0.4) is 0 Å².